The molecule has 9 nitrogen and oxygen atoms in total. The quantitative estimate of drug-likeness (QED) is 0.462. The second-order valence-corrected chi connectivity index (χ2v) is 8.72. The molecule has 0 amide bonds. The molecule has 0 radical (unpaired) electrons. The number of hydrogen-bond donors (Lipinski definition) is 0. The molecule has 3 aromatic rings. The predicted octanol–water partition coefficient (Wildman–Crippen LogP) is 3.31. The van der Waals surface area contributed by atoms with Gasteiger partial charge in [0.05, 0.1) is 12.0 Å². The van der Waals surface area contributed by atoms with Crippen molar-refractivity contribution in [2.75, 3.05) is 20.2 Å². The number of nitrogens with zero attached hydrogens (tertiary/aromatic N) is 3. The molecule has 152 valence electrons. The summed E-state index contributed by atoms with van der Waals surface area (Å²) < 4.78 is 38.8. The van der Waals surface area contributed by atoms with E-state index in [9.17, 15) is 18.5 Å². The molecule has 1 unspecified atom stereocenters. The summed E-state index contributed by atoms with van der Waals surface area (Å²) in [5, 5.41) is 11.1. The molecule has 10 heteroatoms. The van der Waals surface area contributed by atoms with Gasteiger partial charge in [0.1, 0.15) is 16.2 Å². The van der Waals surface area contributed by atoms with Gasteiger partial charge in [0.15, 0.2) is 11.5 Å². The van der Waals surface area contributed by atoms with Crippen LogP contribution in [0.25, 0.3) is 11.1 Å². The van der Waals surface area contributed by atoms with E-state index in [1.54, 1.807) is 0 Å². The van der Waals surface area contributed by atoms with Crippen LogP contribution >= 0.6 is 0 Å². The van der Waals surface area contributed by atoms with Crippen LogP contribution in [0.2, 0.25) is 0 Å². The predicted molar refractivity (Wildman–Crippen MR) is 104 cm³/mol. The highest BCUT2D eigenvalue weighted by atomic mass is 32.2. The van der Waals surface area contributed by atoms with Crippen molar-refractivity contribution in [3.05, 3.63) is 58.5 Å². The van der Waals surface area contributed by atoms with Gasteiger partial charge in [-0.15, -0.1) is 0 Å². The van der Waals surface area contributed by atoms with Crippen LogP contribution in [0.5, 0.6) is 5.75 Å². The third-order valence-corrected chi connectivity index (χ3v) is 6.91. The summed E-state index contributed by atoms with van der Waals surface area (Å²) in [6, 6.07) is 10.9. The van der Waals surface area contributed by atoms with Crippen molar-refractivity contribution in [1.82, 2.24) is 9.29 Å². The van der Waals surface area contributed by atoms with Crippen LogP contribution < -0.4 is 4.74 Å². The Morgan fingerprint density at radius 3 is 2.79 bits per heavy atom. The minimum Gasteiger partial charge on any atom is -0.495 e. The van der Waals surface area contributed by atoms with Gasteiger partial charge in [-0.2, -0.15) is 4.31 Å². The fraction of sp³-hybridized carbons (Fsp3) is 0.316. The zero-order valence-corrected chi connectivity index (χ0v) is 16.5. The van der Waals surface area contributed by atoms with E-state index in [2.05, 4.69) is 4.98 Å². The van der Waals surface area contributed by atoms with E-state index in [0.29, 0.717) is 24.4 Å². The number of sulfonamides is 1. The molecule has 1 fully saturated rings. The molecular weight excluding hydrogens is 398 g/mol. The topological polar surface area (TPSA) is 116 Å². The summed E-state index contributed by atoms with van der Waals surface area (Å²) in [5.41, 5.74) is 1.07. The van der Waals surface area contributed by atoms with Crippen LogP contribution in [0, 0.1) is 10.1 Å². The van der Waals surface area contributed by atoms with E-state index in [0.717, 1.165) is 18.0 Å². The maximum Gasteiger partial charge on any atom is 0.271 e. The van der Waals surface area contributed by atoms with E-state index in [4.69, 9.17) is 9.15 Å². The van der Waals surface area contributed by atoms with Gasteiger partial charge in [0, 0.05) is 31.1 Å². The zero-order valence-electron chi connectivity index (χ0n) is 15.6. The number of non-ortho nitro benzene ring substituents is 1. The number of fused-ring (bicyclic) bond motifs is 1. The molecule has 2 heterocycles. The number of rotatable bonds is 5. The third kappa shape index (κ3) is 3.56. The molecule has 0 bridgehead atoms. The smallest absolute Gasteiger partial charge is 0.271 e. The molecular formula is C19H19N3O6S. The lowest BCUT2D eigenvalue weighted by molar-refractivity contribution is -0.385. The fourth-order valence-electron chi connectivity index (χ4n) is 3.55. The largest absolute Gasteiger partial charge is 0.495 e. The molecule has 0 spiro atoms. The number of para-hydroxylation sites is 2. The minimum atomic E-state index is -4.00. The fourth-order valence-corrected chi connectivity index (χ4v) is 5.25. The van der Waals surface area contributed by atoms with Gasteiger partial charge >= 0.3 is 0 Å². The molecule has 1 aliphatic rings. The van der Waals surface area contributed by atoms with Gasteiger partial charge in [-0.3, -0.25) is 10.1 Å². The van der Waals surface area contributed by atoms with Crippen molar-refractivity contribution >= 4 is 26.8 Å². The minimum absolute atomic E-state index is 0.0691. The van der Waals surface area contributed by atoms with Crippen molar-refractivity contribution in [3.8, 4) is 5.75 Å². The molecule has 1 atom stereocenters. The van der Waals surface area contributed by atoms with Gasteiger partial charge in [0.2, 0.25) is 10.0 Å². The van der Waals surface area contributed by atoms with Gasteiger partial charge in [-0.25, -0.2) is 13.4 Å². The Kier molecular flexibility index (Phi) is 4.97. The Morgan fingerprint density at radius 2 is 2.07 bits per heavy atom. The number of nitro groups is 1. The van der Waals surface area contributed by atoms with E-state index in [1.807, 2.05) is 24.3 Å². The molecule has 1 aliphatic heterocycles. The highest BCUT2D eigenvalue weighted by Gasteiger charge is 2.35. The summed E-state index contributed by atoms with van der Waals surface area (Å²) in [6.45, 7) is 0.492. The monoisotopic (exact) mass is 417 g/mol. The Balaban J connectivity index is 1.67. The second kappa shape index (κ2) is 7.45. The van der Waals surface area contributed by atoms with Crippen molar-refractivity contribution in [1.29, 1.82) is 0 Å². The first-order valence-electron chi connectivity index (χ1n) is 9.08. The molecule has 4 rings (SSSR count). The van der Waals surface area contributed by atoms with Crippen LogP contribution in [0.3, 0.4) is 0 Å². The molecule has 0 saturated carbocycles. The summed E-state index contributed by atoms with van der Waals surface area (Å²) in [5.74, 6) is 0.368. The summed E-state index contributed by atoms with van der Waals surface area (Å²) in [6.07, 6.45) is 1.37. The first-order chi connectivity index (χ1) is 13.9. The van der Waals surface area contributed by atoms with Gasteiger partial charge in [0.25, 0.3) is 5.69 Å². The highest BCUT2D eigenvalue weighted by Crippen LogP contribution is 2.35. The Hall–Kier alpha value is -2.98. The van der Waals surface area contributed by atoms with Crippen LogP contribution in [0.15, 0.2) is 51.8 Å². The molecule has 0 aliphatic carbocycles. The summed E-state index contributed by atoms with van der Waals surface area (Å²) >= 11 is 0. The average molecular weight is 417 g/mol. The number of nitro benzene ring substituents is 1. The van der Waals surface area contributed by atoms with Crippen molar-refractivity contribution in [2.45, 2.75) is 23.7 Å². The lowest BCUT2D eigenvalue weighted by atomic mass is 10.00. The van der Waals surface area contributed by atoms with Crippen LogP contribution in [-0.2, 0) is 10.0 Å². The highest BCUT2D eigenvalue weighted by molar-refractivity contribution is 7.89. The summed E-state index contributed by atoms with van der Waals surface area (Å²) in [7, 11) is -2.67. The second-order valence-electron chi connectivity index (χ2n) is 6.81. The Bertz CT molecular complexity index is 1140. The van der Waals surface area contributed by atoms with Crippen LogP contribution in [0.1, 0.15) is 24.7 Å². The van der Waals surface area contributed by atoms with Crippen molar-refractivity contribution in [2.24, 2.45) is 0 Å². The number of hydrogen-bond acceptors (Lipinski definition) is 7. The zero-order chi connectivity index (χ0) is 20.6. The normalized spacial score (nSPS) is 18.0. The maximum atomic E-state index is 13.3. The summed E-state index contributed by atoms with van der Waals surface area (Å²) in [4.78, 5) is 14.8. The Morgan fingerprint density at radius 1 is 1.28 bits per heavy atom. The lowest BCUT2D eigenvalue weighted by Gasteiger charge is -2.30. The average Bonchev–Trinajstić information content (AvgIpc) is 3.17. The first kappa shape index (κ1) is 19.3. The Labute approximate surface area is 167 Å². The maximum absolute atomic E-state index is 13.3. The number of aromatic nitrogens is 1. The van der Waals surface area contributed by atoms with Crippen LogP contribution in [-0.4, -0.2) is 42.8 Å². The van der Waals surface area contributed by atoms with Gasteiger partial charge in [-0.1, -0.05) is 12.1 Å². The number of ether oxygens (including phenoxy) is 1. The third-order valence-electron chi connectivity index (χ3n) is 5.02. The number of oxazole rings is 1. The molecule has 1 aromatic heterocycles. The van der Waals surface area contributed by atoms with Crippen LogP contribution in [0.4, 0.5) is 5.69 Å². The lowest BCUT2D eigenvalue weighted by Crippen LogP contribution is -2.39. The van der Waals surface area contributed by atoms with E-state index in [1.165, 1.54) is 23.5 Å². The standard InChI is InChI=1S/C19H19N3O6S/c1-27-17-9-8-14(22(23)24)11-18(17)29(25,26)21-10-4-5-13(12-21)19-20-15-6-2-3-7-16(15)28-19/h2-3,6-9,11,13H,4-5,10,12H2,1H3. The molecule has 2 aromatic carbocycles. The van der Waals surface area contributed by atoms with Gasteiger partial charge < -0.3 is 9.15 Å². The van der Waals surface area contributed by atoms with E-state index < -0.39 is 14.9 Å². The first-order valence-corrected chi connectivity index (χ1v) is 10.5. The number of benzene rings is 2. The molecule has 0 N–H and O–H groups in total. The van der Waals surface area contributed by atoms with Gasteiger partial charge in [-0.05, 0) is 31.0 Å². The number of piperidine rings is 1. The van der Waals surface area contributed by atoms with E-state index in [-0.39, 0.29) is 28.8 Å². The molecule has 1 saturated heterocycles. The van der Waals surface area contributed by atoms with Crippen molar-refractivity contribution in [3.63, 3.8) is 0 Å². The molecule has 29 heavy (non-hydrogen) atoms. The van der Waals surface area contributed by atoms with E-state index >= 15 is 0 Å². The number of methoxy groups -OCH3 is 1. The SMILES string of the molecule is COc1ccc([N+](=O)[O-])cc1S(=O)(=O)N1CCCC(c2nc3ccccc3o2)C1. The van der Waals surface area contributed by atoms with Crippen molar-refractivity contribution < 1.29 is 22.5 Å².